The lowest BCUT2D eigenvalue weighted by Gasteiger charge is -2.26. The first-order valence-corrected chi connectivity index (χ1v) is 5.49. The molecule has 14 heavy (non-hydrogen) atoms. The molecular weight excluding hydrogens is 244 g/mol. The SMILES string of the molecule is Cc1ccc(COC2COC2)cc1Br. The zero-order chi connectivity index (χ0) is 9.97. The molecule has 0 radical (unpaired) electrons. The van der Waals surface area contributed by atoms with Gasteiger partial charge in [0.25, 0.3) is 0 Å². The fourth-order valence-electron chi connectivity index (χ4n) is 1.25. The molecule has 1 aliphatic rings. The van der Waals surface area contributed by atoms with Crippen molar-refractivity contribution in [1.82, 2.24) is 0 Å². The van der Waals surface area contributed by atoms with Crippen molar-refractivity contribution in [2.24, 2.45) is 0 Å². The highest BCUT2D eigenvalue weighted by atomic mass is 79.9. The molecule has 0 aromatic heterocycles. The van der Waals surface area contributed by atoms with Crippen LogP contribution in [0.3, 0.4) is 0 Å². The lowest BCUT2D eigenvalue weighted by molar-refractivity contribution is -0.135. The van der Waals surface area contributed by atoms with Gasteiger partial charge in [-0.2, -0.15) is 0 Å². The minimum atomic E-state index is 0.301. The summed E-state index contributed by atoms with van der Waals surface area (Å²) in [5, 5.41) is 0. The van der Waals surface area contributed by atoms with E-state index in [0.717, 1.165) is 17.7 Å². The van der Waals surface area contributed by atoms with E-state index in [1.54, 1.807) is 0 Å². The van der Waals surface area contributed by atoms with Gasteiger partial charge in [0.05, 0.1) is 19.8 Å². The molecule has 2 rings (SSSR count). The first-order chi connectivity index (χ1) is 6.75. The predicted octanol–water partition coefficient (Wildman–Crippen LogP) is 2.67. The van der Waals surface area contributed by atoms with Crippen LogP contribution in [0, 0.1) is 6.92 Å². The van der Waals surface area contributed by atoms with Gasteiger partial charge in [-0.25, -0.2) is 0 Å². The lowest BCUT2D eigenvalue weighted by atomic mass is 10.2. The van der Waals surface area contributed by atoms with Crippen molar-refractivity contribution in [3.63, 3.8) is 0 Å². The molecule has 1 fully saturated rings. The molecular formula is C11H13BrO2. The molecule has 1 aliphatic heterocycles. The third-order valence-corrected chi connectivity index (χ3v) is 3.18. The van der Waals surface area contributed by atoms with E-state index in [4.69, 9.17) is 9.47 Å². The van der Waals surface area contributed by atoms with Gasteiger partial charge in [-0.15, -0.1) is 0 Å². The third kappa shape index (κ3) is 2.35. The monoisotopic (exact) mass is 256 g/mol. The van der Waals surface area contributed by atoms with Gasteiger partial charge in [0.15, 0.2) is 0 Å². The minimum absolute atomic E-state index is 0.301. The van der Waals surface area contributed by atoms with E-state index in [1.807, 2.05) is 0 Å². The summed E-state index contributed by atoms with van der Waals surface area (Å²) in [6, 6.07) is 6.30. The number of aryl methyl sites for hydroxylation is 1. The second-order valence-electron chi connectivity index (χ2n) is 3.55. The quantitative estimate of drug-likeness (QED) is 0.828. The summed E-state index contributed by atoms with van der Waals surface area (Å²) in [6.07, 6.45) is 0.301. The first-order valence-electron chi connectivity index (χ1n) is 4.70. The molecule has 1 heterocycles. The Morgan fingerprint density at radius 3 is 2.86 bits per heavy atom. The highest BCUT2D eigenvalue weighted by molar-refractivity contribution is 9.10. The summed E-state index contributed by atoms with van der Waals surface area (Å²) in [7, 11) is 0. The molecule has 0 spiro atoms. The second-order valence-corrected chi connectivity index (χ2v) is 4.41. The molecule has 0 saturated carbocycles. The average Bonchev–Trinajstić information content (AvgIpc) is 2.08. The fourth-order valence-corrected chi connectivity index (χ4v) is 1.68. The van der Waals surface area contributed by atoms with Gasteiger partial charge in [0.1, 0.15) is 6.10 Å². The van der Waals surface area contributed by atoms with E-state index in [0.29, 0.717) is 12.7 Å². The highest BCUT2D eigenvalue weighted by Crippen LogP contribution is 2.18. The van der Waals surface area contributed by atoms with Crippen LogP contribution in [0.15, 0.2) is 22.7 Å². The van der Waals surface area contributed by atoms with Crippen molar-refractivity contribution >= 4 is 15.9 Å². The molecule has 0 bridgehead atoms. The lowest BCUT2D eigenvalue weighted by Crippen LogP contribution is -2.35. The summed E-state index contributed by atoms with van der Waals surface area (Å²) >= 11 is 3.50. The van der Waals surface area contributed by atoms with Crippen molar-refractivity contribution in [2.75, 3.05) is 13.2 Å². The molecule has 76 valence electrons. The average molecular weight is 257 g/mol. The molecule has 0 unspecified atom stereocenters. The Bertz CT molecular complexity index is 321. The van der Waals surface area contributed by atoms with Gasteiger partial charge in [-0.1, -0.05) is 28.1 Å². The number of hydrogen-bond acceptors (Lipinski definition) is 2. The Kier molecular flexibility index (Phi) is 3.21. The second kappa shape index (κ2) is 4.43. The van der Waals surface area contributed by atoms with Gasteiger partial charge in [0.2, 0.25) is 0 Å². The molecule has 0 atom stereocenters. The topological polar surface area (TPSA) is 18.5 Å². The zero-order valence-corrected chi connectivity index (χ0v) is 9.71. The Balaban J connectivity index is 1.91. The van der Waals surface area contributed by atoms with Crippen LogP contribution in [0.5, 0.6) is 0 Å². The van der Waals surface area contributed by atoms with Gasteiger partial charge < -0.3 is 9.47 Å². The summed E-state index contributed by atoms with van der Waals surface area (Å²) in [4.78, 5) is 0. The minimum Gasteiger partial charge on any atom is -0.376 e. The Hall–Kier alpha value is -0.380. The molecule has 1 aromatic carbocycles. The van der Waals surface area contributed by atoms with Gasteiger partial charge in [-0.3, -0.25) is 0 Å². The molecule has 1 saturated heterocycles. The summed E-state index contributed by atoms with van der Waals surface area (Å²) in [5.74, 6) is 0. The molecule has 1 aromatic rings. The summed E-state index contributed by atoms with van der Waals surface area (Å²) in [6.45, 7) is 4.24. The van der Waals surface area contributed by atoms with Crippen molar-refractivity contribution < 1.29 is 9.47 Å². The van der Waals surface area contributed by atoms with Crippen LogP contribution in [0.4, 0.5) is 0 Å². The van der Waals surface area contributed by atoms with Crippen molar-refractivity contribution in [2.45, 2.75) is 19.6 Å². The van der Waals surface area contributed by atoms with E-state index in [2.05, 4.69) is 41.1 Å². The highest BCUT2D eigenvalue weighted by Gasteiger charge is 2.18. The van der Waals surface area contributed by atoms with Gasteiger partial charge >= 0.3 is 0 Å². The van der Waals surface area contributed by atoms with Crippen molar-refractivity contribution in [1.29, 1.82) is 0 Å². The number of benzene rings is 1. The molecule has 3 heteroatoms. The largest absolute Gasteiger partial charge is 0.376 e. The van der Waals surface area contributed by atoms with Crippen LogP contribution in [0.25, 0.3) is 0 Å². The maximum Gasteiger partial charge on any atom is 0.105 e. The van der Waals surface area contributed by atoms with E-state index >= 15 is 0 Å². The van der Waals surface area contributed by atoms with E-state index in [1.165, 1.54) is 11.1 Å². The number of rotatable bonds is 3. The van der Waals surface area contributed by atoms with Crippen LogP contribution in [0.1, 0.15) is 11.1 Å². The number of ether oxygens (including phenoxy) is 2. The van der Waals surface area contributed by atoms with E-state index in [9.17, 15) is 0 Å². The molecule has 0 amide bonds. The Morgan fingerprint density at radius 2 is 2.29 bits per heavy atom. The zero-order valence-electron chi connectivity index (χ0n) is 8.13. The number of halogens is 1. The van der Waals surface area contributed by atoms with Crippen LogP contribution < -0.4 is 0 Å². The molecule has 2 nitrogen and oxygen atoms in total. The smallest absolute Gasteiger partial charge is 0.105 e. The van der Waals surface area contributed by atoms with Crippen LogP contribution in [0.2, 0.25) is 0 Å². The molecule has 0 N–H and O–H groups in total. The van der Waals surface area contributed by atoms with Crippen LogP contribution in [-0.4, -0.2) is 19.3 Å². The normalized spacial score (nSPS) is 16.7. The van der Waals surface area contributed by atoms with Crippen LogP contribution in [-0.2, 0) is 16.1 Å². The maximum absolute atomic E-state index is 5.61. The van der Waals surface area contributed by atoms with Crippen molar-refractivity contribution in [3.05, 3.63) is 33.8 Å². The fraction of sp³-hybridized carbons (Fsp3) is 0.455. The summed E-state index contributed by atoms with van der Waals surface area (Å²) in [5.41, 5.74) is 2.45. The standard InChI is InChI=1S/C11H13BrO2/c1-8-2-3-9(4-11(8)12)5-14-10-6-13-7-10/h2-4,10H,5-7H2,1H3. The van der Waals surface area contributed by atoms with Gasteiger partial charge in [0, 0.05) is 4.47 Å². The van der Waals surface area contributed by atoms with E-state index in [-0.39, 0.29) is 0 Å². The number of hydrogen-bond donors (Lipinski definition) is 0. The maximum atomic E-state index is 5.61. The third-order valence-electron chi connectivity index (χ3n) is 2.33. The molecule has 0 aliphatic carbocycles. The first kappa shape index (κ1) is 10.1. The van der Waals surface area contributed by atoms with Crippen molar-refractivity contribution in [3.8, 4) is 0 Å². The predicted molar refractivity (Wildman–Crippen MR) is 58.3 cm³/mol. The van der Waals surface area contributed by atoms with E-state index < -0.39 is 0 Å². The van der Waals surface area contributed by atoms with Gasteiger partial charge in [-0.05, 0) is 24.1 Å². The van der Waals surface area contributed by atoms with Crippen LogP contribution >= 0.6 is 15.9 Å². The Morgan fingerprint density at radius 1 is 1.50 bits per heavy atom. The summed E-state index contributed by atoms with van der Waals surface area (Å²) < 4.78 is 11.8. The Labute approximate surface area is 92.3 Å².